The molecule has 1 fully saturated rings. The molecule has 0 amide bonds. The van der Waals surface area contributed by atoms with Crippen LogP contribution in [0.25, 0.3) is 0 Å². The molecule has 1 aromatic heterocycles. The highest BCUT2D eigenvalue weighted by molar-refractivity contribution is 4.97. The molecule has 1 saturated heterocycles. The summed E-state index contributed by atoms with van der Waals surface area (Å²) >= 11 is 0. The van der Waals surface area contributed by atoms with Crippen molar-refractivity contribution in [3.8, 4) is 0 Å². The third-order valence-electron chi connectivity index (χ3n) is 2.77. The van der Waals surface area contributed by atoms with Crippen LogP contribution in [0.15, 0.2) is 4.52 Å². The zero-order valence-corrected chi connectivity index (χ0v) is 8.79. The van der Waals surface area contributed by atoms with E-state index in [-0.39, 0.29) is 0 Å². The van der Waals surface area contributed by atoms with Gasteiger partial charge in [-0.15, -0.1) is 0 Å². The molecule has 4 heteroatoms. The fourth-order valence-corrected chi connectivity index (χ4v) is 1.93. The summed E-state index contributed by atoms with van der Waals surface area (Å²) in [7, 11) is 0. The number of piperidine rings is 1. The molecular formula is C10H17N3O. The van der Waals surface area contributed by atoms with Crippen LogP contribution in [0, 0.1) is 0 Å². The minimum absolute atomic E-state index is 0.457. The number of aryl methyl sites for hydroxylation is 1. The molecule has 0 saturated carbocycles. The van der Waals surface area contributed by atoms with Gasteiger partial charge in [0, 0.05) is 18.4 Å². The summed E-state index contributed by atoms with van der Waals surface area (Å²) in [5.41, 5.74) is 0. The predicted molar refractivity (Wildman–Crippen MR) is 53.1 cm³/mol. The van der Waals surface area contributed by atoms with Gasteiger partial charge in [-0.2, -0.15) is 4.98 Å². The highest BCUT2D eigenvalue weighted by atomic mass is 16.5. The average molecular weight is 195 g/mol. The van der Waals surface area contributed by atoms with Crippen LogP contribution >= 0.6 is 0 Å². The zero-order chi connectivity index (χ0) is 9.97. The SMILES string of the molecule is CCc1noc(C2CCNC(C)C2)n1. The van der Waals surface area contributed by atoms with Crippen LogP contribution in [0.3, 0.4) is 0 Å². The van der Waals surface area contributed by atoms with E-state index in [2.05, 4.69) is 22.4 Å². The molecule has 14 heavy (non-hydrogen) atoms. The molecule has 1 aliphatic rings. The maximum Gasteiger partial charge on any atom is 0.229 e. The van der Waals surface area contributed by atoms with Crippen LogP contribution in [-0.2, 0) is 6.42 Å². The Bertz CT molecular complexity index is 297. The first-order chi connectivity index (χ1) is 6.79. The number of hydrogen-bond donors (Lipinski definition) is 1. The minimum atomic E-state index is 0.457. The molecule has 1 N–H and O–H groups in total. The van der Waals surface area contributed by atoms with E-state index in [9.17, 15) is 0 Å². The van der Waals surface area contributed by atoms with E-state index in [1.807, 2.05) is 6.92 Å². The van der Waals surface area contributed by atoms with Gasteiger partial charge in [-0.05, 0) is 26.3 Å². The summed E-state index contributed by atoms with van der Waals surface area (Å²) in [6.07, 6.45) is 3.06. The second-order valence-electron chi connectivity index (χ2n) is 3.98. The van der Waals surface area contributed by atoms with Gasteiger partial charge in [0.2, 0.25) is 5.89 Å². The number of nitrogens with one attached hydrogen (secondary N) is 1. The van der Waals surface area contributed by atoms with Crippen molar-refractivity contribution in [2.24, 2.45) is 0 Å². The van der Waals surface area contributed by atoms with Gasteiger partial charge in [-0.25, -0.2) is 0 Å². The van der Waals surface area contributed by atoms with Crippen molar-refractivity contribution in [3.05, 3.63) is 11.7 Å². The second-order valence-corrected chi connectivity index (χ2v) is 3.98. The van der Waals surface area contributed by atoms with Crippen molar-refractivity contribution < 1.29 is 4.52 Å². The highest BCUT2D eigenvalue weighted by Crippen LogP contribution is 2.26. The van der Waals surface area contributed by atoms with E-state index in [0.717, 1.165) is 37.5 Å². The number of rotatable bonds is 2. The highest BCUT2D eigenvalue weighted by Gasteiger charge is 2.24. The van der Waals surface area contributed by atoms with Gasteiger partial charge in [0.1, 0.15) is 0 Å². The zero-order valence-electron chi connectivity index (χ0n) is 8.79. The topological polar surface area (TPSA) is 51.0 Å². The first kappa shape index (κ1) is 9.65. The fraction of sp³-hybridized carbons (Fsp3) is 0.800. The summed E-state index contributed by atoms with van der Waals surface area (Å²) in [6, 6.07) is 0.561. The van der Waals surface area contributed by atoms with Gasteiger partial charge in [-0.3, -0.25) is 0 Å². The lowest BCUT2D eigenvalue weighted by Gasteiger charge is -2.25. The molecule has 0 bridgehead atoms. The number of aromatic nitrogens is 2. The predicted octanol–water partition coefficient (Wildman–Crippen LogP) is 1.49. The Balaban J connectivity index is 2.06. The van der Waals surface area contributed by atoms with Crippen molar-refractivity contribution in [1.29, 1.82) is 0 Å². The first-order valence-electron chi connectivity index (χ1n) is 5.35. The van der Waals surface area contributed by atoms with E-state index in [1.54, 1.807) is 0 Å². The van der Waals surface area contributed by atoms with E-state index in [0.29, 0.717) is 12.0 Å². The smallest absolute Gasteiger partial charge is 0.229 e. The Hall–Kier alpha value is -0.900. The van der Waals surface area contributed by atoms with E-state index in [4.69, 9.17) is 4.52 Å². The molecule has 0 radical (unpaired) electrons. The Morgan fingerprint density at radius 1 is 1.57 bits per heavy atom. The largest absolute Gasteiger partial charge is 0.339 e. The van der Waals surface area contributed by atoms with Crippen LogP contribution in [0.4, 0.5) is 0 Å². The van der Waals surface area contributed by atoms with E-state index < -0.39 is 0 Å². The van der Waals surface area contributed by atoms with Gasteiger partial charge in [-0.1, -0.05) is 12.1 Å². The van der Waals surface area contributed by atoms with E-state index >= 15 is 0 Å². The Kier molecular flexibility index (Phi) is 2.82. The van der Waals surface area contributed by atoms with Crippen LogP contribution in [0.5, 0.6) is 0 Å². The van der Waals surface area contributed by atoms with Gasteiger partial charge >= 0.3 is 0 Å². The molecular weight excluding hydrogens is 178 g/mol. The van der Waals surface area contributed by atoms with E-state index in [1.165, 1.54) is 0 Å². The molecule has 2 heterocycles. The Morgan fingerprint density at radius 2 is 2.43 bits per heavy atom. The van der Waals surface area contributed by atoms with Crippen LogP contribution in [-0.4, -0.2) is 22.7 Å². The second kappa shape index (κ2) is 4.09. The monoisotopic (exact) mass is 195 g/mol. The molecule has 78 valence electrons. The number of nitrogens with zero attached hydrogens (tertiary/aromatic N) is 2. The lowest BCUT2D eigenvalue weighted by atomic mass is 9.93. The fourth-order valence-electron chi connectivity index (χ4n) is 1.93. The molecule has 4 nitrogen and oxygen atoms in total. The summed E-state index contributed by atoms with van der Waals surface area (Å²) < 4.78 is 5.25. The molecule has 2 unspecified atom stereocenters. The molecule has 2 atom stereocenters. The summed E-state index contributed by atoms with van der Waals surface area (Å²) in [5, 5.41) is 7.34. The molecule has 1 aliphatic heterocycles. The first-order valence-corrected chi connectivity index (χ1v) is 5.35. The quantitative estimate of drug-likeness (QED) is 0.776. The van der Waals surface area contributed by atoms with Crippen LogP contribution in [0.1, 0.15) is 44.3 Å². The summed E-state index contributed by atoms with van der Waals surface area (Å²) in [6.45, 7) is 5.29. The lowest BCUT2D eigenvalue weighted by molar-refractivity contribution is 0.294. The van der Waals surface area contributed by atoms with Crippen molar-refractivity contribution in [1.82, 2.24) is 15.5 Å². The summed E-state index contributed by atoms with van der Waals surface area (Å²) in [5.74, 6) is 2.11. The third-order valence-corrected chi connectivity index (χ3v) is 2.77. The average Bonchev–Trinajstić information content (AvgIpc) is 2.66. The van der Waals surface area contributed by atoms with Gasteiger partial charge < -0.3 is 9.84 Å². The normalized spacial score (nSPS) is 27.9. The van der Waals surface area contributed by atoms with Gasteiger partial charge in [0.15, 0.2) is 5.82 Å². The molecule has 0 aromatic carbocycles. The molecule has 2 rings (SSSR count). The summed E-state index contributed by atoms with van der Waals surface area (Å²) in [4.78, 5) is 4.38. The van der Waals surface area contributed by atoms with Crippen molar-refractivity contribution in [2.75, 3.05) is 6.54 Å². The molecule has 0 aliphatic carbocycles. The van der Waals surface area contributed by atoms with Crippen LogP contribution < -0.4 is 5.32 Å². The van der Waals surface area contributed by atoms with Crippen molar-refractivity contribution in [2.45, 2.75) is 45.1 Å². The van der Waals surface area contributed by atoms with Crippen LogP contribution in [0.2, 0.25) is 0 Å². The maximum absolute atomic E-state index is 5.25. The Morgan fingerprint density at radius 3 is 3.07 bits per heavy atom. The molecule has 1 aromatic rings. The van der Waals surface area contributed by atoms with Crippen molar-refractivity contribution in [3.63, 3.8) is 0 Å². The third kappa shape index (κ3) is 1.95. The van der Waals surface area contributed by atoms with Gasteiger partial charge in [0.25, 0.3) is 0 Å². The van der Waals surface area contributed by atoms with Crippen molar-refractivity contribution >= 4 is 0 Å². The van der Waals surface area contributed by atoms with Gasteiger partial charge in [0.05, 0.1) is 0 Å². The Labute approximate surface area is 84.1 Å². The molecule has 0 spiro atoms. The lowest BCUT2D eigenvalue weighted by Crippen LogP contribution is -2.34. The maximum atomic E-state index is 5.25. The standard InChI is InChI=1S/C10H17N3O/c1-3-9-12-10(14-13-9)8-4-5-11-7(2)6-8/h7-8,11H,3-6H2,1-2H3. The minimum Gasteiger partial charge on any atom is -0.339 e. The number of hydrogen-bond acceptors (Lipinski definition) is 4.